The average molecular weight is 341 g/mol. The Morgan fingerprint density at radius 3 is 2.09 bits per heavy atom. The van der Waals surface area contributed by atoms with Crippen LogP contribution >= 0.6 is 12.6 Å². The van der Waals surface area contributed by atoms with Gasteiger partial charge >= 0.3 is 11.9 Å². The smallest absolute Gasteiger partial charge is 0.322 e. The van der Waals surface area contributed by atoms with E-state index in [0.717, 1.165) is 0 Å². The van der Waals surface area contributed by atoms with Crippen molar-refractivity contribution in [2.45, 2.75) is 24.9 Å². The van der Waals surface area contributed by atoms with Gasteiger partial charge in [-0.3, -0.25) is 29.7 Å². The molecular formula is C10H19N3O8S. The van der Waals surface area contributed by atoms with Gasteiger partial charge in [-0.1, -0.05) is 0 Å². The van der Waals surface area contributed by atoms with E-state index < -0.39 is 42.4 Å². The topological polar surface area (TPSA) is 199 Å². The lowest BCUT2D eigenvalue weighted by Gasteiger charge is -2.16. The zero-order valence-corrected chi connectivity index (χ0v) is 12.3. The molecule has 0 aromatic heterocycles. The Hall–Kier alpha value is -1.89. The molecule has 0 bridgehead atoms. The molecule has 0 saturated heterocycles. The lowest BCUT2D eigenvalue weighted by Crippen LogP contribution is -2.49. The largest absolute Gasteiger partial charge is 0.480 e. The predicted molar refractivity (Wildman–Crippen MR) is 76.5 cm³/mol. The van der Waals surface area contributed by atoms with Crippen LogP contribution in [0.2, 0.25) is 0 Å². The molecule has 0 aliphatic carbocycles. The summed E-state index contributed by atoms with van der Waals surface area (Å²) in [6.07, 6.45) is -0.235. The van der Waals surface area contributed by atoms with Crippen LogP contribution in [0, 0.1) is 0 Å². The van der Waals surface area contributed by atoms with Crippen LogP contribution in [0.1, 0.15) is 12.8 Å². The molecule has 0 aromatic carbocycles. The molecule has 12 heteroatoms. The molecule has 8 N–H and O–H groups in total. The molecule has 128 valence electrons. The maximum atomic E-state index is 11.5. The molecule has 0 radical (unpaired) electrons. The van der Waals surface area contributed by atoms with Gasteiger partial charge < -0.3 is 26.6 Å². The highest BCUT2D eigenvalue weighted by Crippen LogP contribution is 1.97. The summed E-state index contributed by atoms with van der Waals surface area (Å²) >= 11 is 3.87. The number of rotatable bonds is 9. The van der Waals surface area contributed by atoms with Gasteiger partial charge in [0.15, 0.2) is 0 Å². The molecule has 2 atom stereocenters. The number of carboxylic acids is 2. The van der Waals surface area contributed by atoms with Crippen molar-refractivity contribution in [1.29, 1.82) is 0 Å². The predicted octanol–water partition coefficient (Wildman–Crippen LogP) is -2.19. The van der Waals surface area contributed by atoms with Crippen LogP contribution in [0.3, 0.4) is 0 Å². The molecule has 0 rings (SSSR count). The van der Waals surface area contributed by atoms with Crippen LogP contribution in [0.5, 0.6) is 0 Å². The van der Waals surface area contributed by atoms with Crippen molar-refractivity contribution >= 4 is 36.4 Å². The minimum absolute atomic E-state index is 0.0256. The second-order valence-corrected chi connectivity index (χ2v) is 4.26. The first-order chi connectivity index (χ1) is 10.3. The molecule has 0 aliphatic heterocycles. The second-order valence-electron chi connectivity index (χ2n) is 3.90. The van der Waals surface area contributed by atoms with Crippen LogP contribution < -0.4 is 16.4 Å². The average Bonchev–Trinajstić information content (AvgIpc) is 2.49. The fraction of sp³-hybridized carbons (Fsp3) is 0.600. The summed E-state index contributed by atoms with van der Waals surface area (Å²) in [7, 11) is 0. The zero-order valence-electron chi connectivity index (χ0n) is 11.4. The molecule has 0 fully saturated rings. The number of carbonyl (C=O) groups excluding carboxylic acids is 2. The Morgan fingerprint density at radius 2 is 1.68 bits per heavy atom. The highest BCUT2D eigenvalue weighted by Gasteiger charge is 2.20. The lowest BCUT2D eigenvalue weighted by atomic mass is 10.1. The minimum atomic E-state index is -1.22. The number of carbonyl (C=O) groups is 4. The van der Waals surface area contributed by atoms with Gasteiger partial charge in [0.2, 0.25) is 11.8 Å². The molecule has 11 nitrogen and oxygen atoms in total. The van der Waals surface area contributed by atoms with Gasteiger partial charge in [0, 0.05) is 12.2 Å². The Labute approximate surface area is 130 Å². The summed E-state index contributed by atoms with van der Waals surface area (Å²) in [6, 6.07) is -2.15. The maximum absolute atomic E-state index is 11.5. The number of nitrogens with one attached hydrogen (secondary N) is 2. The highest BCUT2D eigenvalue weighted by atomic mass is 32.1. The fourth-order valence-electron chi connectivity index (χ4n) is 1.16. The van der Waals surface area contributed by atoms with Crippen LogP contribution in [0.4, 0.5) is 0 Å². The summed E-state index contributed by atoms with van der Waals surface area (Å²) in [4.78, 5) is 43.7. The molecule has 0 aromatic rings. The monoisotopic (exact) mass is 341 g/mol. The second kappa shape index (κ2) is 12.8. The number of amides is 2. The number of hydrogen-bond acceptors (Lipinski definition) is 8. The van der Waals surface area contributed by atoms with E-state index in [2.05, 4.69) is 23.3 Å². The normalized spacial score (nSPS) is 12.2. The van der Waals surface area contributed by atoms with Gasteiger partial charge in [-0.2, -0.15) is 12.6 Å². The molecule has 0 heterocycles. The maximum Gasteiger partial charge on any atom is 0.322 e. The van der Waals surface area contributed by atoms with Crippen molar-refractivity contribution < 1.29 is 39.9 Å². The van der Waals surface area contributed by atoms with Crippen LogP contribution in [0.25, 0.3) is 0 Å². The summed E-state index contributed by atoms with van der Waals surface area (Å²) in [5.41, 5.74) is 5.23. The quantitative estimate of drug-likeness (QED) is 0.130. The van der Waals surface area contributed by atoms with Gasteiger partial charge in [-0.25, -0.2) is 0 Å². The van der Waals surface area contributed by atoms with Crippen molar-refractivity contribution in [3.63, 3.8) is 0 Å². The molecule has 0 unspecified atom stereocenters. The highest BCUT2D eigenvalue weighted by molar-refractivity contribution is 7.80. The molecule has 0 spiro atoms. The van der Waals surface area contributed by atoms with Gasteiger partial charge in [-0.05, 0) is 6.42 Å². The first-order valence-electron chi connectivity index (χ1n) is 5.86. The van der Waals surface area contributed by atoms with Gasteiger partial charge in [-0.15, -0.1) is 0 Å². The van der Waals surface area contributed by atoms with Crippen molar-refractivity contribution in [3.05, 3.63) is 0 Å². The standard InChI is InChI=1S/C10H17N3O6S.H2O2/c11-5(10(18)19)1-2-7(14)13-6(4-20)9(17)12-3-8(15)16;1-2/h5-6,20H,1-4,11H2,(H,12,17)(H,13,14)(H,15,16)(H,18,19);1-2H/t5-,6-;/m0./s1. The number of carboxylic acid groups (broad SMARTS) is 2. The van der Waals surface area contributed by atoms with Crippen molar-refractivity contribution in [2.24, 2.45) is 5.73 Å². The fourth-order valence-corrected chi connectivity index (χ4v) is 1.41. The van der Waals surface area contributed by atoms with Crippen LogP contribution in [-0.4, -0.2) is 68.9 Å². The first-order valence-corrected chi connectivity index (χ1v) is 6.49. The van der Waals surface area contributed by atoms with E-state index in [0.29, 0.717) is 0 Å². The number of aliphatic carboxylic acids is 2. The van der Waals surface area contributed by atoms with E-state index in [-0.39, 0.29) is 18.6 Å². The minimum Gasteiger partial charge on any atom is -0.480 e. The van der Waals surface area contributed by atoms with E-state index in [4.69, 9.17) is 26.5 Å². The third kappa shape index (κ3) is 10.8. The van der Waals surface area contributed by atoms with E-state index >= 15 is 0 Å². The van der Waals surface area contributed by atoms with E-state index in [9.17, 15) is 19.2 Å². The molecule has 2 amide bonds. The lowest BCUT2D eigenvalue weighted by molar-refractivity contribution is -0.176. The van der Waals surface area contributed by atoms with Gasteiger partial charge in [0.05, 0.1) is 0 Å². The van der Waals surface area contributed by atoms with Gasteiger partial charge in [0.1, 0.15) is 18.6 Å². The Kier molecular flexibility index (Phi) is 13.0. The Bertz CT molecular complexity index is 392. The van der Waals surface area contributed by atoms with Crippen molar-refractivity contribution in [3.8, 4) is 0 Å². The third-order valence-corrected chi connectivity index (χ3v) is 2.61. The molecule has 0 saturated carbocycles. The van der Waals surface area contributed by atoms with Crippen LogP contribution in [-0.2, 0) is 19.2 Å². The first kappa shape index (κ1) is 22.4. The molecule has 22 heavy (non-hydrogen) atoms. The number of thiol groups is 1. The van der Waals surface area contributed by atoms with Crippen molar-refractivity contribution in [2.75, 3.05) is 12.3 Å². The summed E-state index contributed by atoms with van der Waals surface area (Å²) in [5, 5.41) is 33.4. The van der Waals surface area contributed by atoms with E-state index in [1.165, 1.54) is 0 Å². The van der Waals surface area contributed by atoms with Crippen molar-refractivity contribution in [1.82, 2.24) is 10.6 Å². The van der Waals surface area contributed by atoms with E-state index in [1.54, 1.807) is 0 Å². The van der Waals surface area contributed by atoms with Crippen LogP contribution in [0.15, 0.2) is 0 Å². The third-order valence-electron chi connectivity index (χ3n) is 2.25. The molecule has 0 aliphatic rings. The SMILES string of the molecule is N[C@@H](CCC(=O)N[C@@H](CS)C(=O)NCC(=O)O)C(=O)O.OO. The number of hydrogen-bond donors (Lipinski definition) is 8. The summed E-state index contributed by atoms with van der Waals surface area (Å²) in [5.74, 6) is -3.70. The Balaban J connectivity index is 0. The molecular weight excluding hydrogens is 322 g/mol. The number of nitrogens with two attached hydrogens (primary N) is 1. The summed E-state index contributed by atoms with van der Waals surface area (Å²) < 4.78 is 0. The van der Waals surface area contributed by atoms with Gasteiger partial charge in [0.25, 0.3) is 0 Å². The Morgan fingerprint density at radius 1 is 1.14 bits per heavy atom. The summed E-state index contributed by atoms with van der Waals surface area (Å²) in [6.45, 7) is -0.567. The van der Waals surface area contributed by atoms with E-state index in [1.807, 2.05) is 0 Å². The zero-order chi connectivity index (χ0) is 17.7.